The van der Waals surface area contributed by atoms with E-state index in [1.54, 1.807) is 6.07 Å². The van der Waals surface area contributed by atoms with Crippen molar-refractivity contribution in [3.05, 3.63) is 23.8 Å². The van der Waals surface area contributed by atoms with Crippen LogP contribution in [0.15, 0.2) is 18.2 Å². The SMILES string of the molecule is CCC(C)[C@@H](c1ccc(O)cc1O)N1CCNCC1. The van der Waals surface area contributed by atoms with Crippen molar-refractivity contribution in [2.75, 3.05) is 26.2 Å². The molecule has 0 aromatic heterocycles. The van der Waals surface area contributed by atoms with Crippen LogP contribution in [0.25, 0.3) is 0 Å². The fourth-order valence-corrected chi connectivity index (χ4v) is 2.83. The van der Waals surface area contributed by atoms with Gasteiger partial charge in [-0.3, -0.25) is 4.90 Å². The number of nitrogens with zero attached hydrogens (tertiary/aromatic N) is 1. The molecule has 1 unspecified atom stereocenters. The number of nitrogens with one attached hydrogen (secondary N) is 1. The van der Waals surface area contributed by atoms with E-state index in [0.717, 1.165) is 38.2 Å². The van der Waals surface area contributed by atoms with Gasteiger partial charge in [0, 0.05) is 43.9 Å². The summed E-state index contributed by atoms with van der Waals surface area (Å²) < 4.78 is 0. The molecule has 2 atom stereocenters. The number of hydrogen-bond acceptors (Lipinski definition) is 4. The third kappa shape index (κ3) is 3.19. The topological polar surface area (TPSA) is 55.7 Å². The van der Waals surface area contributed by atoms with Crippen LogP contribution in [0.3, 0.4) is 0 Å². The van der Waals surface area contributed by atoms with Crippen molar-refractivity contribution in [1.29, 1.82) is 0 Å². The molecule has 2 rings (SSSR count). The highest BCUT2D eigenvalue weighted by molar-refractivity contribution is 5.41. The van der Waals surface area contributed by atoms with Crippen molar-refractivity contribution in [3.8, 4) is 11.5 Å². The fourth-order valence-electron chi connectivity index (χ4n) is 2.83. The molecule has 0 aliphatic carbocycles. The summed E-state index contributed by atoms with van der Waals surface area (Å²) in [4.78, 5) is 2.43. The van der Waals surface area contributed by atoms with Crippen LogP contribution in [0.1, 0.15) is 31.9 Å². The Bertz CT molecular complexity index is 417. The zero-order valence-corrected chi connectivity index (χ0v) is 11.8. The lowest BCUT2D eigenvalue weighted by atomic mass is 9.90. The molecule has 0 spiro atoms. The van der Waals surface area contributed by atoms with Gasteiger partial charge in [0.2, 0.25) is 0 Å². The van der Waals surface area contributed by atoms with Crippen molar-refractivity contribution >= 4 is 0 Å². The number of hydrogen-bond donors (Lipinski definition) is 3. The molecule has 1 aliphatic heterocycles. The van der Waals surface area contributed by atoms with Gasteiger partial charge in [-0.2, -0.15) is 0 Å². The standard InChI is InChI=1S/C15H24N2O2/c1-3-11(2)15(17-8-6-16-7-9-17)13-5-4-12(18)10-14(13)19/h4-5,10-11,15-16,18-19H,3,6-9H2,1-2H3/t11?,15-/m0/s1. The number of rotatable bonds is 4. The molecule has 0 radical (unpaired) electrons. The molecule has 106 valence electrons. The Morgan fingerprint density at radius 1 is 1.26 bits per heavy atom. The van der Waals surface area contributed by atoms with Crippen LogP contribution in [0, 0.1) is 5.92 Å². The first kappa shape index (κ1) is 14.2. The summed E-state index contributed by atoms with van der Waals surface area (Å²) in [5.74, 6) is 0.779. The van der Waals surface area contributed by atoms with Crippen LogP contribution in [0.4, 0.5) is 0 Å². The lowest BCUT2D eigenvalue weighted by Gasteiger charge is -2.38. The number of phenolic OH excluding ortho intramolecular Hbond substituents is 2. The van der Waals surface area contributed by atoms with Crippen molar-refractivity contribution in [3.63, 3.8) is 0 Å². The van der Waals surface area contributed by atoms with Crippen LogP contribution in [0.2, 0.25) is 0 Å². The highest BCUT2D eigenvalue weighted by Crippen LogP contribution is 2.37. The summed E-state index contributed by atoms with van der Waals surface area (Å²) in [6, 6.07) is 5.16. The molecule has 4 heteroatoms. The Balaban J connectivity index is 2.30. The Labute approximate surface area is 115 Å². The van der Waals surface area contributed by atoms with Crippen molar-refractivity contribution in [2.45, 2.75) is 26.3 Å². The third-order valence-corrected chi connectivity index (χ3v) is 4.06. The van der Waals surface area contributed by atoms with Gasteiger partial charge in [-0.05, 0) is 12.0 Å². The average molecular weight is 264 g/mol. The van der Waals surface area contributed by atoms with E-state index < -0.39 is 0 Å². The Hall–Kier alpha value is -1.26. The molecule has 1 aromatic carbocycles. The Morgan fingerprint density at radius 2 is 1.95 bits per heavy atom. The van der Waals surface area contributed by atoms with E-state index in [2.05, 4.69) is 24.1 Å². The number of piperazine rings is 1. The van der Waals surface area contributed by atoms with E-state index in [4.69, 9.17) is 0 Å². The van der Waals surface area contributed by atoms with Gasteiger partial charge >= 0.3 is 0 Å². The smallest absolute Gasteiger partial charge is 0.124 e. The highest BCUT2D eigenvalue weighted by Gasteiger charge is 2.28. The monoisotopic (exact) mass is 264 g/mol. The Kier molecular flexibility index (Phi) is 4.66. The minimum atomic E-state index is 0.115. The normalized spacial score (nSPS) is 20.1. The quantitative estimate of drug-likeness (QED) is 0.779. The van der Waals surface area contributed by atoms with Gasteiger partial charge in [0.05, 0.1) is 0 Å². The first-order valence-electron chi connectivity index (χ1n) is 7.10. The molecular weight excluding hydrogens is 240 g/mol. The summed E-state index contributed by atoms with van der Waals surface area (Å²) in [6.07, 6.45) is 1.06. The van der Waals surface area contributed by atoms with Gasteiger partial charge in [-0.15, -0.1) is 0 Å². The van der Waals surface area contributed by atoms with E-state index in [1.807, 2.05) is 6.07 Å². The summed E-state index contributed by atoms with van der Waals surface area (Å²) in [5.41, 5.74) is 0.925. The van der Waals surface area contributed by atoms with Gasteiger partial charge in [0.25, 0.3) is 0 Å². The molecular formula is C15H24N2O2. The molecule has 19 heavy (non-hydrogen) atoms. The van der Waals surface area contributed by atoms with Crippen molar-refractivity contribution < 1.29 is 10.2 Å². The molecule has 1 fully saturated rings. The van der Waals surface area contributed by atoms with Crippen LogP contribution >= 0.6 is 0 Å². The molecule has 0 amide bonds. The first-order valence-corrected chi connectivity index (χ1v) is 7.10. The van der Waals surface area contributed by atoms with Crippen LogP contribution in [-0.4, -0.2) is 41.3 Å². The van der Waals surface area contributed by atoms with E-state index in [0.29, 0.717) is 5.92 Å². The summed E-state index contributed by atoms with van der Waals surface area (Å²) in [5, 5.41) is 22.9. The van der Waals surface area contributed by atoms with Crippen LogP contribution in [-0.2, 0) is 0 Å². The average Bonchev–Trinajstić information content (AvgIpc) is 2.42. The van der Waals surface area contributed by atoms with E-state index >= 15 is 0 Å². The zero-order valence-electron chi connectivity index (χ0n) is 11.8. The van der Waals surface area contributed by atoms with Crippen LogP contribution < -0.4 is 5.32 Å². The minimum absolute atomic E-state index is 0.115. The van der Waals surface area contributed by atoms with E-state index in [-0.39, 0.29) is 17.5 Å². The molecule has 0 saturated carbocycles. The van der Waals surface area contributed by atoms with E-state index in [9.17, 15) is 10.2 Å². The summed E-state index contributed by atoms with van der Waals surface area (Å²) in [6.45, 7) is 8.37. The van der Waals surface area contributed by atoms with Gasteiger partial charge in [-0.1, -0.05) is 26.3 Å². The van der Waals surface area contributed by atoms with E-state index in [1.165, 1.54) is 6.07 Å². The van der Waals surface area contributed by atoms with Gasteiger partial charge in [-0.25, -0.2) is 0 Å². The molecule has 1 saturated heterocycles. The second-order valence-electron chi connectivity index (χ2n) is 5.36. The predicted octanol–water partition coefficient (Wildman–Crippen LogP) is 2.09. The van der Waals surface area contributed by atoms with Gasteiger partial charge < -0.3 is 15.5 Å². The first-order chi connectivity index (χ1) is 9.13. The number of aromatic hydroxyl groups is 2. The Morgan fingerprint density at radius 3 is 2.53 bits per heavy atom. The lowest BCUT2D eigenvalue weighted by Crippen LogP contribution is -2.46. The molecule has 1 heterocycles. The molecule has 4 nitrogen and oxygen atoms in total. The molecule has 3 N–H and O–H groups in total. The second kappa shape index (κ2) is 6.26. The molecule has 1 aromatic rings. The van der Waals surface area contributed by atoms with Gasteiger partial charge in [0.15, 0.2) is 0 Å². The van der Waals surface area contributed by atoms with Crippen molar-refractivity contribution in [1.82, 2.24) is 10.2 Å². The third-order valence-electron chi connectivity index (χ3n) is 4.06. The maximum Gasteiger partial charge on any atom is 0.124 e. The largest absolute Gasteiger partial charge is 0.508 e. The fraction of sp³-hybridized carbons (Fsp3) is 0.600. The zero-order chi connectivity index (χ0) is 13.8. The maximum absolute atomic E-state index is 10.1. The predicted molar refractivity (Wildman–Crippen MR) is 76.4 cm³/mol. The number of phenols is 2. The summed E-state index contributed by atoms with van der Waals surface area (Å²) in [7, 11) is 0. The highest BCUT2D eigenvalue weighted by atomic mass is 16.3. The maximum atomic E-state index is 10.1. The van der Waals surface area contributed by atoms with Crippen LogP contribution in [0.5, 0.6) is 11.5 Å². The lowest BCUT2D eigenvalue weighted by molar-refractivity contribution is 0.126. The molecule has 1 aliphatic rings. The second-order valence-corrected chi connectivity index (χ2v) is 5.36. The molecule has 0 bridgehead atoms. The minimum Gasteiger partial charge on any atom is -0.508 e. The van der Waals surface area contributed by atoms with Crippen molar-refractivity contribution in [2.24, 2.45) is 5.92 Å². The summed E-state index contributed by atoms with van der Waals surface area (Å²) >= 11 is 0. The number of benzene rings is 1. The van der Waals surface area contributed by atoms with Gasteiger partial charge in [0.1, 0.15) is 11.5 Å².